The Labute approximate surface area is 175 Å². The fourth-order valence-electron chi connectivity index (χ4n) is 6.47. The third-order valence-corrected chi connectivity index (χ3v) is 7.37. The maximum atomic E-state index is 12.9. The van der Waals surface area contributed by atoms with E-state index in [1.807, 2.05) is 0 Å². The number of fused-ring (bicyclic) bond motifs is 1. The van der Waals surface area contributed by atoms with E-state index in [1.54, 1.807) is 24.3 Å². The molecule has 1 heterocycles. The fraction of sp³-hybridized carbons (Fsp3) is 0.565. The number of hydrogen-bond acceptors (Lipinski definition) is 5. The van der Waals surface area contributed by atoms with E-state index in [0.29, 0.717) is 28.9 Å². The SMILES string of the molecule is O=C(CNC(=O)C12CC3CC(CC(C3)C1)C2)OCCN1C(=O)c2ccccc2C1=O. The largest absolute Gasteiger partial charge is 0.462 e. The zero-order chi connectivity index (χ0) is 20.9. The molecule has 30 heavy (non-hydrogen) atoms. The first-order chi connectivity index (χ1) is 14.4. The van der Waals surface area contributed by atoms with Crippen molar-refractivity contribution >= 4 is 23.7 Å². The molecule has 0 saturated heterocycles. The van der Waals surface area contributed by atoms with Crippen LogP contribution in [0.3, 0.4) is 0 Å². The van der Waals surface area contributed by atoms with Crippen molar-refractivity contribution in [2.24, 2.45) is 23.2 Å². The summed E-state index contributed by atoms with van der Waals surface area (Å²) in [6.45, 7) is -0.263. The molecule has 0 unspecified atom stereocenters. The van der Waals surface area contributed by atoms with Crippen molar-refractivity contribution in [3.63, 3.8) is 0 Å². The van der Waals surface area contributed by atoms with Gasteiger partial charge in [-0.05, 0) is 68.4 Å². The Morgan fingerprint density at radius 1 is 0.967 bits per heavy atom. The van der Waals surface area contributed by atoms with Crippen LogP contribution in [0.5, 0.6) is 0 Å². The molecule has 1 aliphatic heterocycles. The summed E-state index contributed by atoms with van der Waals surface area (Å²) >= 11 is 0. The minimum atomic E-state index is -0.551. The van der Waals surface area contributed by atoms with Gasteiger partial charge in [0.15, 0.2) is 0 Å². The highest BCUT2D eigenvalue weighted by Gasteiger charge is 2.54. The van der Waals surface area contributed by atoms with Gasteiger partial charge in [0.2, 0.25) is 5.91 Å². The molecule has 4 aliphatic carbocycles. The lowest BCUT2D eigenvalue weighted by molar-refractivity contribution is -0.151. The van der Waals surface area contributed by atoms with Crippen molar-refractivity contribution in [2.75, 3.05) is 19.7 Å². The van der Waals surface area contributed by atoms with E-state index in [0.717, 1.165) is 24.2 Å². The normalized spacial score (nSPS) is 31.1. The number of rotatable bonds is 6. The van der Waals surface area contributed by atoms with Crippen LogP contribution in [-0.4, -0.2) is 48.3 Å². The van der Waals surface area contributed by atoms with Crippen molar-refractivity contribution in [3.8, 4) is 0 Å². The number of amides is 3. The number of carbonyl (C=O) groups excluding carboxylic acids is 4. The molecule has 1 N–H and O–H groups in total. The summed E-state index contributed by atoms with van der Waals surface area (Å²) in [5, 5.41) is 2.79. The number of esters is 1. The van der Waals surface area contributed by atoms with Crippen LogP contribution in [0.4, 0.5) is 0 Å². The molecule has 0 radical (unpaired) electrons. The topological polar surface area (TPSA) is 92.8 Å². The first-order valence-electron chi connectivity index (χ1n) is 10.8. The highest BCUT2D eigenvalue weighted by atomic mass is 16.5. The molecule has 1 aromatic rings. The summed E-state index contributed by atoms with van der Waals surface area (Å²) in [4.78, 5) is 50.7. The number of imide groups is 1. The summed E-state index contributed by atoms with van der Waals surface area (Å²) in [5.74, 6) is 0.669. The van der Waals surface area contributed by atoms with Crippen LogP contribution in [0.25, 0.3) is 0 Å². The molecular weight excluding hydrogens is 384 g/mol. The Morgan fingerprint density at radius 3 is 2.03 bits per heavy atom. The molecule has 4 fully saturated rings. The van der Waals surface area contributed by atoms with E-state index in [1.165, 1.54) is 19.3 Å². The van der Waals surface area contributed by atoms with Gasteiger partial charge in [0.05, 0.1) is 17.7 Å². The molecular formula is C23H26N2O5. The Morgan fingerprint density at radius 2 is 1.50 bits per heavy atom. The summed E-state index contributed by atoms with van der Waals surface area (Å²) in [7, 11) is 0. The average Bonchev–Trinajstić information content (AvgIpc) is 2.96. The first-order valence-corrected chi connectivity index (χ1v) is 10.8. The van der Waals surface area contributed by atoms with Gasteiger partial charge >= 0.3 is 5.97 Å². The molecule has 0 spiro atoms. The van der Waals surface area contributed by atoms with Crippen molar-refractivity contribution in [1.82, 2.24) is 10.2 Å². The summed E-state index contributed by atoms with van der Waals surface area (Å²) in [6, 6.07) is 6.64. The number of hydrogen-bond donors (Lipinski definition) is 1. The Balaban J connectivity index is 1.09. The predicted molar refractivity (Wildman–Crippen MR) is 106 cm³/mol. The van der Waals surface area contributed by atoms with E-state index in [4.69, 9.17) is 4.74 Å². The van der Waals surface area contributed by atoms with Crippen molar-refractivity contribution < 1.29 is 23.9 Å². The maximum absolute atomic E-state index is 12.9. The summed E-state index contributed by atoms with van der Waals surface area (Å²) < 4.78 is 5.17. The van der Waals surface area contributed by atoms with Crippen molar-refractivity contribution in [3.05, 3.63) is 35.4 Å². The molecule has 158 valence electrons. The molecule has 4 bridgehead atoms. The summed E-state index contributed by atoms with van der Waals surface area (Å²) in [5.41, 5.74) is 0.447. The van der Waals surface area contributed by atoms with Crippen LogP contribution in [0.1, 0.15) is 59.2 Å². The Bertz CT molecular complexity index is 854. The predicted octanol–water partition coefficient (Wildman–Crippen LogP) is 2.16. The summed E-state index contributed by atoms with van der Waals surface area (Å²) in [6.07, 6.45) is 6.60. The van der Waals surface area contributed by atoms with Gasteiger partial charge in [-0.1, -0.05) is 12.1 Å². The van der Waals surface area contributed by atoms with Crippen molar-refractivity contribution in [2.45, 2.75) is 38.5 Å². The smallest absolute Gasteiger partial charge is 0.325 e. The van der Waals surface area contributed by atoms with Crippen LogP contribution < -0.4 is 5.32 Å². The van der Waals surface area contributed by atoms with E-state index in [9.17, 15) is 19.2 Å². The van der Waals surface area contributed by atoms with E-state index < -0.39 is 5.97 Å². The monoisotopic (exact) mass is 410 g/mol. The molecule has 0 aromatic heterocycles. The van der Waals surface area contributed by atoms with Crippen LogP contribution in [-0.2, 0) is 14.3 Å². The first kappa shape index (κ1) is 19.3. The molecule has 4 saturated carbocycles. The van der Waals surface area contributed by atoms with E-state index >= 15 is 0 Å². The lowest BCUT2D eigenvalue weighted by Crippen LogP contribution is -2.54. The highest BCUT2D eigenvalue weighted by Crippen LogP contribution is 2.60. The average molecular weight is 410 g/mol. The molecule has 6 rings (SSSR count). The lowest BCUT2D eigenvalue weighted by atomic mass is 9.49. The molecule has 0 atom stereocenters. The minimum absolute atomic E-state index is 0.00100. The molecule has 7 heteroatoms. The quantitative estimate of drug-likeness (QED) is 0.573. The van der Waals surface area contributed by atoms with Gasteiger partial charge in [-0.3, -0.25) is 24.1 Å². The fourth-order valence-corrected chi connectivity index (χ4v) is 6.47. The number of ether oxygens (including phenoxy) is 1. The molecule has 7 nitrogen and oxygen atoms in total. The molecule has 5 aliphatic rings. The number of benzene rings is 1. The second kappa shape index (κ2) is 7.22. The second-order valence-electron chi connectivity index (χ2n) is 9.41. The van der Waals surface area contributed by atoms with Gasteiger partial charge in [0.25, 0.3) is 11.8 Å². The van der Waals surface area contributed by atoms with Crippen LogP contribution in [0.15, 0.2) is 24.3 Å². The van der Waals surface area contributed by atoms with Crippen LogP contribution >= 0.6 is 0 Å². The van der Waals surface area contributed by atoms with E-state index in [-0.39, 0.29) is 42.8 Å². The zero-order valence-corrected chi connectivity index (χ0v) is 16.9. The molecule has 1 aromatic carbocycles. The number of nitrogens with zero attached hydrogens (tertiary/aromatic N) is 1. The number of carbonyl (C=O) groups is 4. The third-order valence-electron chi connectivity index (χ3n) is 7.37. The minimum Gasteiger partial charge on any atom is -0.462 e. The molecule has 3 amide bonds. The van der Waals surface area contributed by atoms with Crippen LogP contribution in [0.2, 0.25) is 0 Å². The van der Waals surface area contributed by atoms with Crippen molar-refractivity contribution in [1.29, 1.82) is 0 Å². The van der Waals surface area contributed by atoms with E-state index in [2.05, 4.69) is 5.32 Å². The zero-order valence-electron chi connectivity index (χ0n) is 16.9. The van der Waals surface area contributed by atoms with Gasteiger partial charge < -0.3 is 10.1 Å². The van der Waals surface area contributed by atoms with Crippen LogP contribution in [0, 0.1) is 23.2 Å². The van der Waals surface area contributed by atoms with Gasteiger partial charge in [0.1, 0.15) is 13.2 Å². The maximum Gasteiger partial charge on any atom is 0.325 e. The van der Waals surface area contributed by atoms with Gasteiger partial charge in [-0.25, -0.2) is 0 Å². The van der Waals surface area contributed by atoms with Gasteiger partial charge in [-0.15, -0.1) is 0 Å². The van der Waals surface area contributed by atoms with Gasteiger partial charge in [-0.2, -0.15) is 0 Å². The number of nitrogens with one attached hydrogen (secondary N) is 1. The Hall–Kier alpha value is -2.70. The van der Waals surface area contributed by atoms with Gasteiger partial charge in [0, 0.05) is 5.41 Å². The second-order valence-corrected chi connectivity index (χ2v) is 9.41. The Kier molecular flexibility index (Phi) is 4.64. The highest BCUT2D eigenvalue weighted by molar-refractivity contribution is 6.21. The standard InChI is InChI=1S/C23H26N2O5/c26-19(30-6-5-25-20(27)17-3-1-2-4-18(17)21(25)28)13-24-22(29)23-10-14-7-15(11-23)9-16(8-14)12-23/h1-4,14-16H,5-13H2,(H,24,29). The third kappa shape index (κ3) is 3.20. The lowest BCUT2D eigenvalue weighted by Gasteiger charge is -2.55.